The van der Waals surface area contributed by atoms with E-state index >= 15 is 0 Å². The van der Waals surface area contributed by atoms with Gasteiger partial charge in [-0.3, -0.25) is 4.79 Å². The molecule has 3 rings (SSSR count). The van der Waals surface area contributed by atoms with Crippen LogP contribution in [-0.2, 0) is 9.53 Å². The number of hydrogen-bond acceptors (Lipinski definition) is 5. The molecule has 0 aliphatic heterocycles. The van der Waals surface area contributed by atoms with Gasteiger partial charge in [-0.25, -0.2) is 4.79 Å². The number of anilines is 1. The molecule has 150 valence electrons. The SMILES string of the molecule is COC(=O)c1c(NC(=O)COc2ccccc2Br)sc(C)c1-c1cccc(Cl)c1. The Morgan fingerprint density at radius 2 is 1.93 bits per heavy atom. The molecule has 1 heterocycles. The van der Waals surface area contributed by atoms with Crippen molar-refractivity contribution >= 4 is 55.7 Å². The summed E-state index contributed by atoms with van der Waals surface area (Å²) in [5.41, 5.74) is 1.76. The molecule has 1 amide bonds. The minimum atomic E-state index is -0.536. The maximum atomic E-state index is 12.5. The van der Waals surface area contributed by atoms with Crippen LogP contribution in [0.5, 0.6) is 5.75 Å². The summed E-state index contributed by atoms with van der Waals surface area (Å²) in [6, 6.07) is 14.4. The number of nitrogens with one attached hydrogen (secondary N) is 1. The van der Waals surface area contributed by atoms with Gasteiger partial charge in [0, 0.05) is 15.5 Å². The molecule has 0 unspecified atom stereocenters. The van der Waals surface area contributed by atoms with Gasteiger partial charge in [-0.1, -0.05) is 35.9 Å². The van der Waals surface area contributed by atoms with Gasteiger partial charge in [0.2, 0.25) is 0 Å². The predicted molar refractivity (Wildman–Crippen MR) is 119 cm³/mol. The van der Waals surface area contributed by atoms with E-state index in [9.17, 15) is 9.59 Å². The zero-order valence-corrected chi connectivity index (χ0v) is 18.8. The molecule has 0 saturated heterocycles. The number of methoxy groups -OCH3 is 1. The van der Waals surface area contributed by atoms with Crippen LogP contribution < -0.4 is 10.1 Å². The number of carbonyl (C=O) groups is 2. The Morgan fingerprint density at radius 1 is 1.17 bits per heavy atom. The standard InChI is InChI=1S/C21H17BrClNO4S/c1-12-18(13-6-5-7-14(23)10-13)19(21(26)27-2)20(29-12)24-17(25)11-28-16-9-4-3-8-15(16)22/h3-10H,11H2,1-2H3,(H,24,25). The van der Waals surface area contributed by atoms with Crippen molar-refractivity contribution in [3.8, 4) is 16.9 Å². The molecular formula is C21H17BrClNO4S. The Hall–Kier alpha value is -2.35. The lowest BCUT2D eigenvalue weighted by Gasteiger charge is -2.10. The largest absolute Gasteiger partial charge is 0.483 e. The highest BCUT2D eigenvalue weighted by molar-refractivity contribution is 9.10. The molecule has 0 fully saturated rings. The van der Waals surface area contributed by atoms with E-state index in [2.05, 4.69) is 21.2 Å². The van der Waals surface area contributed by atoms with Crippen molar-refractivity contribution in [2.24, 2.45) is 0 Å². The molecule has 0 spiro atoms. The lowest BCUT2D eigenvalue weighted by Crippen LogP contribution is -2.21. The molecule has 2 aromatic carbocycles. The average Bonchev–Trinajstić information content (AvgIpc) is 3.02. The van der Waals surface area contributed by atoms with Gasteiger partial charge in [0.1, 0.15) is 16.3 Å². The first-order chi connectivity index (χ1) is 13.9. The van der Waals surface area contributed by atoms with Gasteiger partial charge in [0.25, 0.3) is 5.91 Å². The van der Waals surface area contributed by atoms with E-state index in [0.29, 0.717) is 26.9 Å². The molecule has 1 N–H and O–H groups in total. The average molecular weight is 495 g/mol. The number of rotatable bonds is 6. The molecule has 0 aliphatic carbocycles. The van der Waals surface area contributed by atoms with Crippen molar-refractivity contribution in [3.05, 3.63) is 68.5 Å². The van der Waals surface area contributed by atoms with Crippen LogP contribution in [0.4, 0.5) is 5.00 Å². The maximum Gasteiger partial charge on any atom is 0.341 e. The molecule has 8 heteroatoms. The highest BCUT2D eigenvalue weighted by atomic mass is 79.9. The number of benzene rings is 2. The number of amides is 1. The molecule has 0 radical (unpaired) electrons. The van der Waals surface area contributed by atoms with E-state index in [1.165, 1.54) is 18.4 Å². The summed E-state index contributed by atoms with van der Waals surface area (Å²) in [6.07, 6.45) is 0. The van der Waals surface area contributed by atoms with Gasteiger partial charge in [-0.05, 0) is 52.7 Å². The summed E-state index contributed by atoms with van der Waals surface area (Å²) in [4.78, 5) is 25.8. The first kappa shape index (κ1) is 21.4. The Kier molecular flexibility index (Phi) is 6.95. The maximum absolute atomic E-state index is 12.5. The summed E-state index contributed by atoms with van der Waals surface area (Å²) in [5.74, 6) is -0.367. The molecule has 5 nitrogen and oxygen atoms in total. The highest BCUT2D eigenvalue weighted by Gasteiger charge is 2.25. The zero-order chi connectivity index (χ0) is 21.0. The van der Waals surface area contributed by atoms with E-state index in [1.54, 1.807) is 24.3 Å². The third-order valence-corrected chi connectivity index (χ3v) is 5.95. The second kappa shape index (κ2) is 9.43. The van der Waals surface area contributed by atoms with Gasteiger partial charge < -0.3 is 14.8 Å². The van der Waals surface area contributed by atoms with Crippen LogP contribution in [0.25, 0.3) is 11.1 Å². The lowest BCUT2D eigenvalue weighted by molar-refractivity contribution is -0.118. The molecule has 0 atom stereocenters. The summed E-state index contributed by atoms with van der Waals surface area (Å²) in [5, 5.41) is 3.73. The molecule has 3 aromatic rings. The van der Waals surface area contributed by atoms with E-state index in [4.69, 9.17) is 21.1 Å². The number of para-hydroxylation sites is 1. The lowest BCUT2D eigenvalue weighted by atomic mass is 10.0. The first-order valence-electron chi connectivity index (χ1n) is 8.55. The molecule has 0 saturated carbocycles. The third-order valence-electron chi connectivity index (χ3n) is 4.04. The second-order valence-electron chi connectivity index (χ2n) is 6.01. The van der Waals surface area contributed by atoms with Crippen LogP contribution in [0.3, 0.4) is 0 Å². The smallest absolute Gasteiger partial charge is 0.341 e. The van der Waals surface area contributed by atoms with E-state index in [0.717, 1.165) is 14.9 Å². The minimum absolute atomic E-state index is 0.202. The van der Waals surface area contributed by atoms with Crippen LogP contribution in [0, 0.1) is 6.92 Å². The molecule has 0 bridgehead atoms. The summed E-state index contributed by atoms with van der Waals surface area (Å²) in [6.45, 7) is 1.67. The molecule has 0 aliphatic rings. The van der Waals surface area contributed by atoms with Gasteiger partial charge in [-0.15, -0.1) is 11.3 Å². The number of ether oxygens (including phenoxy) is 2. The number of esters is 1. The number of carbonyl (C=O) groups excluding carboxylic acids is 2. The van der Waals surface area contributed by atoms with Crippen molar-refractivity contribution < 1.29 is 19.1 Å². The Morgan fingerprint density at radius 3 is 2.62 bits per heavy atom. The van der Waals surface area contributed by atoms with Crippen LogP contribution >= 0.6 is 38.9 Å². The monoisotopic (exact) mass is 493 g/mol. The minimum Gasteiger partial charge on any atom is -0.483 e. The van der Waals surface area contributed by atoms with Gasteiger partial charge in [0.05, 0.1) is 11.6 Å². The van der Waals surface area contributed by atoms with Crippen molar-refractivity contribution in [3.63, 3.8) is 0 Å². The summed E-state index contributed by atoms with van der Waals surface area (Å²) >= 11 is 10.8. The highest BCUT2D eigenvalue weighted by Crippen LogP contribution is 2.41. The van der Waals surface area contributed by atoms with Crippen molar-refractivity contribution in [2.75, 3.05) is 19.0 Å². The fourth-order valence-electron chi connectivity index (χ4n) is 2.79. The fraction of sp³-hybridized carbons (Fsp3) is 0.143. The van der Waals surface area contributed by atoms with Crippen LogP contribution in [0.1, 0.15) is 15.2 Å². The Balaban J connectivity index is 1.87. The predicted octanol–water partition coefficient (Wildman–Crippen LogP) is 5.94. The molecular weight excluding hydrogens is 478 g/mol. The topological polar surface area (TPSA) is 64.6 Å². The molecule has 29 heavy (non-hydrogen) atoms. The van der Waals surface area contributed by atoms with Gasteiger partial charge in [0.15, 0.2) is 6.61 Å². The zero-order valence-electron chi connectivity index (χ0n) is 15.6. The van der Waals surface area contributed by atoms with E-state index in [-0.39, 0.29) is 12.5 Å². The van der Waals surface area contributed by atoms with Crippen molar-refractivity contribution in [1.82, 2.24) is 0 Å². The number of hydrogen-bond donors (Lipinski definition) is 1. The molecule has 1 aromatic heterocycles. The number of thiophene rings is 1. The quantitative estimate of drug-likeness (QED) is 0.431. The van der Waals surface area contributed by atoms with Gasteiger partial charge in [-0.2, -0.15) is 0 Å². The normalized spacial score (nSPS) is 10.5. The second-order valence-corrected chi connectivity index (χ2v) is 8.52. The van der Waals surface area contributed by atoms with Crippen molar-refractivity contribution in [1.29, 1.82) is 0 Å². The van der Waals surface area contributed by atoms with Crippen LogP contribution in [0.15, 0.2) is 53.0 Å². The summed E-state index contributed by atoms with van der Waals surface area (Å²) < 4.78 is 11.3. The van der Waals surface area contributed by atoms with Crippen LogP contribution in [0.2, 0.25) is 5.02 Å². The fourth-order valence-corrected chi connectivity index (χ4v) is 4.46. The Bertz CT molecular complexity index is 1070. The Labute approximate surface area is 185 Å². The third kappa shape index (κ3) is 4.98. The number of halogens is 2. The van der Waals surface area contributed by atoms with E-state index in [1.807, 2.05) is 31.2 Å². The van der Waals surface area contributed by atoms with Crippen molar-refractivity contribution in [2.45, 2.75) is 6.92 Å². The van der Waals surface area contributed by atoms with Gasteiger partial charge >= 0.3 is 5.97 Å². The van der Waals surface area contributed by atoms with Crippen LogP contribution in [-0.4, -0.2) is 25.6 Å². The van der Waals surface area contributed by atoms with E-state index < -0.39 is 5.97 Å². The first-order valence-corrected chi connectivity index (χ1v) is 10.5. The summed E-state index contributed by atoms with van der Waals surface area (Å²) in [7, 11) is 1.30. The number of aryl methyl sites for hydroxylation is 1.